The molecule has 9 nitrogen and oxygen atoms in total. The Bertz CT molecular complexity index is 1360. The molecule has 40 heavy (non-hydrogen) atoms. The minimum Gasteiger partial charge on any atom is -0.492 e. The maximum absolute atomic E-state index is 13.0. The summed E-state index contributed by atoms with van der Waals surface area (Å²) in [6.07, 6.45) is -3.48. The van der Waals surface area contributed by atoms with Crippen molar-refractivity contribution < 1.29 is 37.0 Å². The SMILES string of the molecule is N#CC1(c2cccc(OC(F)(F)F)c2)CCN(CCOc2cccc3c2CN(C2CCC(=O)NC2=O)C3=O)CC1. The fourth-order valence-electron chi connectivity index (χ4n) is 5.59. The Labute approximate surface area is 228 Å². The molecule has 1 unspecified atom stereocenters. The number of amides is 3. The van der Waals surface area contributed by atoms with Gasteiger partial charge in [0.15, 0.2) is 0 Å². The number of hydrogen-bond donors (Lipinski definition) is 1. The van der Waals surface area contributed by atoms with Gasteiger partial charge >= 0.3 is 6.36 Å². The number of nitriles is 1. The first-order valence-electron chi connectivity index (χ1n) is 13.0. The average Bonchev–Trinajstić information content (AvgIpc) is 3.25. The van der Waals surface area contributed by atoms with Gasteiger partial charge in [0.2, 0.25) is 11.8 Å². The van der Waals surface area contributed by atoms with E-state index in [1.54, 1.807) is 24.3 Å². The summed E-state index contributed by atoms with van der Waals surface area (Å²) in [5, 5.41) is 12.2. The third-order valence-electron chi connectivity index (χ3n) is 7.75. The number of ether oxygens (including phenoxy) is 2. The van der Waals surface area contributed by atoms with Gasteiger partial charge in [0.1, 0.15) is 24.1 Å². The van der Waals surface area contributed by atoms with E-state index in [1.807, 2.05) is 0 Å². The van der Waals surface area contributed by atoms with Crippen LogP contribution in [0, 0.1) is 11.3 Å². The number of nitrogens with zero attached hydrogens (tertiary/aromatic N) is 3. The van der Waals surface area contributed by atoms with E-state index in [4.69, 9.17) is 4.74 Å². The molecule has 0 saturated carbocycles. The molecule has 2 aromatic carbocycles. The van der Waals surface area contributed by atoms with Crippen molar-refractivity contribution in [2.45, 2.75) is 50.0 Å². The number of carbonyl (C=O) groups is 3. The van der Waals surface area contributed by atoms with Crippen LogP contribution < -0.4 is 14.8 Å². The van der Waals surface area contributed by atoms with Crippen molar-refractivity contribution >= 4 is 17.7 Å². The predicted octanol–water partition coefficient (Wildman–Crippen LogP) is 3.28. The molecule has 2 fully saturated rings. The first kappa shape index (κ1) is 27.5. The highest BCUT2D eigenvalue weighted by Gasteiger charge is 2.41. The molecule has 2 aromatic rings. The third kappa shape index (κ3) is 5.60. The maximum Gasteiger partial charge on any atom is 0.573 e. The number of rotatable bonds is 7. The van der Waals surface area contributed by atoms with Gasteiger partial charge in [-0.25, -0.2) is 0 Å². The Morgan fingerprint density at radius 3 is 2.55 bits per heavy atom. The molecule has 0 bridgehead atoms. The molecule has 12 heteroatoms. The Balaban J connectivity index is 1.17. The topological polar surface area (TPSA) is 112 Å². The van der Waals surface area contributed by atoms with E-state index in [-0.39, 0.29) is 37.0 Å². The van der Waals surface area contributed by atoms with E-state index in [9.17, 15) is 32.8 Å². The number of halogens is 3. The largest absolute Gasteiger partial charge is 0.573 e. The quantitative estimate of drug-likeness (QED) is 0.521. The summed E-state index contributed by atoms with van der Waals surface area (Å²) >= 11 is 0. The van der Waals surface area contributed by atoms with Crippen molar-refractivity contribution in [3.8, 4) is 17.6 Å². The molecule has 3 aliphatic rings. The zero-order chi connectivity index (χ0) is 28.5. The van der Waals surface area contributed by atoms with Crippen LogP contribution in [0.1, 0.15) is 47.2 Å². The number of piperidine rings is 2. The number of fused-ring (bicyclic) bond motifs is 1. The smallest absolute Gasteiger partial charge is 0.492 e. The number of likely N-dealkylation sites (tertiary alicyclic amines) is 1. The number of hydrogen-bond acceptors (Lipinski definition) is 7. The number of alkyl halides is 3. The summed E-state index contributed by atoms with van der Waals surface area (Å²) in [5.74, 6) is -0.893. The summed E-state index contributed by atoms with van der Waals surface area (Å²) in [4.78, 5) is 40.4. The first-order valence-corrected chi connectivity index (χ1v) is 13.0. The van der Waals surface area contributed by atoms with E-state index in [0.717, 1.165) is 0 Å². The van der Waals surface area contributed by atoms with Gasteiger partial charge in [-0.05, 0) is 49.1 Å². The summed E-state index contributed by atoms with van der Waals surface area (Å²) in [7, 11) is 0. The monoisotopic (exact) mass is 556 g/mol. The van der Waals surface area contributed by atoms with Crippen molar-refractivity contribution in [2.24, 2.45) is 0 Å². The molecule has 3 aliphatic heterocycles. The molecule has 2 saturated heterocycles. The van der Waals surface area contributed by atoms with Crippen LogP contribution >= 0.6 is 0 Å². The van der Waals surface area contributed by atoms with Crippen LogP contribution in [0.3, 0.4) is 0 Å². The second-order valence-electron chi connectivity index (χ2n) is 10.1. The Kier molecular flexibility index (Phi) is 7.42. The van der Waals surface area contributed by atoms with Crippen molar-refractivity contribution in [3.63, 3.8) is 0 Å². The summed E-state index contributed by atoms with van der Waals surface area (Å²) < 4.78 is 48.0. The Morgan fingerprint density at radius 2 is 1.85 bits per heavy atom. The van der Waals surface area contributed by atoms with E-state index in [2.05, 4.69) is 21.0 Å². The van der Waals surface area contributed by atoms with Crippen LogP contribution in [0.4, 0.5) is 13.2 Å². The fraction of sp³-hybridized carbons (Fsp3) is 0.429. The Morgan fingerprint density at radius 1 is 1.10 bits per heavy atom. The molecule has 5 rings (SSSR count). The maximum atomic E-state index is 13.0. The second-order valence-corrected chi connectivity index (χ2v) is 10.1. The fourth-order valence-corrected chi connectivity index (χ4v) is 5.59. The normalized spacial score (nSPS) is 21.0. The lowest BCUT2D eigenvalue weighted by atomic mass is 9.74. The molecule has 0 aliphatic carbocycles. The predicted molar refractivity (Wildman–Crippen MR) is 134 cm³/mol. The number of benzene rings is 2. The van der Waals surface area contributed by atoms with Crippen LogP contribution in [-0.4, -0.2) is 66.2 Å². The van der Waals surface area contributed by atoms with Crippen molar-refractivity contribution in [1.82, 2.24) is 15.1 Å². The van der Waals surface area contributed by atoms with E-state index >= 15 is 0 Å². The molecule has 0 radical (unpaired) electrons. The van der Waals surface area contributed by atoms with Crippen LogP contribution in [0.2, 0.25) is 0 Å². The second kappa shape index (κ2) is 10.8. The van der Waals surface area contributed by atoms with Crippen molar-refractivity contribution in [2.75, 3.05) is 26.2 Å². The standard InChI is InChI=1S/C28H27F3N4O5/c29-28(30,31)40-19-4-1-3-18(15-19)27(17-32)9-11-34(12-10-27)13-14-39-23-6-2-5-20-21(23)16-35(26(20)38)22-7-8-24(36)33-25(22)37/h1-6,15,22H,7-14,16H2,(H,33,36,37). The van der Waals surface area contributed by atoms with Crippen LogP contribution in [0.25, 0.3) is 0 Å². The summed E-state index contributed by atoms with van der Waals surface area (Å²) in [5.41, 5.74) is 0.747. The highest BCUT2D eigenvalue weighted by Crippen LogP contribution is 2.38. The van der Waals surface area contributed by atoms with Gasteiger partial charge in [-0.15, -0.1) is 13.2 Å². The van der Waals surface area contributed by atoms with Crippen molar-refractivity contribution in [1.29, 1.82) is 5.26 Å². The van der Waals surface area contributed by atoms with Gasteiger partial charge in [0.25, 0.3) is 5.91 Å². The Hall–Kier alpha value is -4.11. The van der Waals surface area contributed by atoms with Gasteiger partial charge in [0.05, 0.1) is 18.0 Å². The lowest BCUT2D eigenvalue weighted by Gasteiger charge is -2.37. The lowest BCUT2D eigenvalue weighted by Crippen LogP contribution is -2.52. The summed E-state index contributed by atoms with van der Waals surface area (Å²) in [6, 6.07) is 12.4. The van der Waals surface area contributed by atoms with Gasteiger partial charge in [0, 0.05) is 37.2 Å². The zero-order valence-corrected chi connectivity index (χ0v) is 21.5. The van der Waals surface area contributed by atoms with Gasteiger partial charge in [-0.1, -0.05) is 18.2 Å². The van der Waals surface area contributed by atoms with E-state index < -0.39 is 23.7 Å². The zero-order valence-electron chi connectivity index (χ0n) is 21.5. The highest BCUT2D eigenvalue weighted by atomic mass is 19.4. The molecule has 0 aromatic heterocycles. The van der Waals surface area contributed by atoms with Crippen LogP contribution in [0.15, 0.2) is 42.5 Å². The molecule has 210 valence electrons. The van der Waals surface area contributed by atoms with Gasteiger partial charge in [-0.3, -0.25) is 24.6 Å². The van der Waals surface area contributed by atoms with Gasteiger partial charge < -0.3 is 14.4 Å². The number of nitrogens with one attached hydrogen (secondary N) is 1. The molecule has 1 N–H and O–H groups in total. The third-order valence-corrected chi connectivity index (χ3v) is 7.75. The van der Waals surface area contributed by atoms with E-state index in [0.29, 0.717) is 61.5 Å². The average molecular weight is 557 g/mol. The van der Waals surface area contributed by atoms with Crippen LogP contribution in [-0.2, 0) is 21.5 Å². The van der Waals surface area contributed by atoms with Crippen LogP contribution in [0.5, 0.6) is 11.5 Å². The molecule has 0 spiro atoms. The molecule has 1 atom stereocenters. The molecular weight excluding hydrogens is 529 g/mol. The van der Waals surface area contributed by atoms with Gasteiger partial charge in [-0.2, -0.15) is 5.26 Å². The molecular formula is C28H27F3N4O5. The molecule has 3 amide bonds. The minimum atomic E-state index is -4.81. The number of carbonyl (C=O) groups excluding carboxylic acids is 3. The first-order chi connectivity index (χ1) is 19.1. The highest BCUT2D eigenvalue weighted by molar-refractivity contribution is 6.05. The minimum absolute atomic E-state index is 0.176. The number of imide groups is 1. The lowest BCUT2D eigenvalue weighted by molar-refractivity contribution is -0.274. The summed E-state index contributed by atoms with van der Waals surface area (Å²) in [6.45, 7) is 2.18. The van der Waals surface area contributed by atoms with E-state index in [1.165, 1.54) is 23.1 Å². The van der Waals surface area contributed by atoms with Crippen molar-refractivity contribution in [3.05, 3.63) is 59.2 Å². The molecule has 3 heterocycles.